The minimum atomic E-state index is -3.34. The molecule has 3 aromatic carbocycles. The Morgan fingerprint density at radius 3 is 2.61 bits per heavy atom. The molecule has 0 bridgehead atoms. The summed E-state index contributed by atoms with van der Waals surface area (Å²) in [6.45, 7) is 6.73. The fourth-order valence-corrected chi connectivity index (χ4v) is 5.60. The Balaban J connectivity index is 1.45. The normalized spacial score (nSPS) is 13.8. The summed E-state index contributed by atoms with van der Waals surface area (Å²) in [5.41, 5.74) is 6.19. The number of benzene rings is 3. The minimum Gasteiger partial charge on any atom is -0.491 e. The number of aromatic nitrogens is 2. The van der Waals surface area contributed by atoms with Crippen molar-refractivity contribution in [2.24, 2.45) is 0 Å². The van der Waals surface area contributed by atoms with E-state index in [4.69, 9.17) is 4.74 Å². The molecule has 0 radical (unpaired) electrons. The van der Waals surface area contributed by atoms with Crippen molar-refractivity contribution in [2.45, 2.75) is 38.6 Å². The summed E-state index contributed by atoms with van der Waals surface area (Å²) in [6, 6.07) is 17.0. The molecule has 0 saturated heterocycles. The highest BCUT2D eigenvalue weighted by atomic mass is 32.2. The molecule has 1 aliphatic rings. The Morgan fingerprint density at radius 1 is 1.06 bits per heavy atom. The molecule has 36 heavy (non-hydrogen) atoms. The number of sulfone groups is 1. The number of carbonyl (C=O) groups is 1. The molecule has 0 aliphatic carbocycles. The van der Waals surface area contributed by atoms with Crippen LogP contribution < -0.4 is 4.74 Å². The number of nitrogens with one attached hydrogen (secondary N) is 1. The Labute approximate surface area is 211 Å². The SMILES string of the molecule is CCc1cc(S(=O)(=O)CC)ccc1C(=O)N1CCOc2ccc(-c3ccc4nc(C)[nH]c4c3)cc2C1. The average molecular weight is 504 g/mol. The summed E-state index contributed by atoms with van der Waals surface area (Å²) in [6.07, 6.45) is 0.564. The van der Waals surface area contributed by atoms with Crippen molar-refractivity contribution in [1.29, 1.82) is 0 Å². The van der Waals surface area contributed by atoms with Crippen molar-refractivity contribution in [3.05, 3.63) is 77.1 Å². The topological polar surface area (TPSA) is 92.4 Å². The van der Waals surface area contributed by atoms with E-state index in [2.05, 4.69) is 22.1 Å². The van der Waals surface area contributed by atoms with Crippen LogP contribution >= 0.6 is 0 Å². The molecule has 5 rings (SSSR count). The highest BCUT2D eigenvalue weighted by Crippen LogP contribution is 2.31. The van der Waals surface area contributed by atoms with Crippen LogP contribution in [-0.4, -0.2) is 48.1 Å². The van der Waals surface area contributed by atoms with Crippen LogP contribution in [0, 0.1) is 6.92 Å². The number of amides is 1. The fraction of sp³-hybridized carbons (Fsp3) is 0.286. The largest absolute Gasteiger partial charge is 0.491 e. The van der Waals surface area contributed by atoms with Crippen LogP contribution in [0.15, 0.2) is 59.5 Å². The van der Waals surface area contributed by atoms with Gasteiger partial charge in [0.1, 0.15) is 18.2 Å². The molecule has 1 aromatic heterocycles. The van der Waals surface area contributed by atoms with Crippen molar-refractivity contribution in [1.82, 2.24) is 14.9 Å². The number of nitrogens with zero attached hydrogens (tertiary/aromatic N) is 2. The van der Waals surface area contributed by atoms with E-state index < -0.39 is 9.84 Å². The first-order valence-corrected chi connectivity index (χ1v) is 13.8. The van der Waals surface area contributed by atoms with E-state index in [1.165, 1.54) is 0 Å². The lowest BCUT2D eigenvalue weighted by molar-refractivity contribution is 0.0732. The van der Waals surface area contributed by atoms with Crippen LogP contribution in [0.5, 0.6) is 5.75 Å². The van der Waals surface area contributed by atoms with E-state index in [1.807, 2.05) is 38.1 Å². The number of fused-ring (bicyclic) bond motifs is 2. The molecule has 1 N–H and O–H groups in total. The molecule has 0 atom stereocenters. The van der Waals surface area contributed by atoms with E-state index in [0.717, 1.165) is 44.9 Å². The van der Waals surface area contributed by atoms with Gasteiger partial charge in [0.15, 0.2) is 9.84 Å². The standard InChI is InChI=1S/C28H29N3O4S/c1-4-19-15-23(36(33,34)5-2)8-9-24(19)28(32)31-12-13-35-27-11-7-20(14-22(27)17-31)21-6-10-25-26(16-21)30-18(3)29-25/h6-11,14-16H,4-5,12-13,17H2,1-3H3,(H,29,30). The molecule has 186 valence electrons. The maximum Gasteiger partial charge on any atom is 0.254 e. The van der Waals surface area contributed by atoms with Crippen molar-refractivity contribution in [3.63, 3.8) is 0 Å². The Bertz CT molecular complexity index is 1570. The molecule has 0 spiro atoms. The zero-order valence-corrected chi connectivity index (χ0v) is 21.5. The van der Waals surface area contributed by atoms with Gasteiger partial charge in [-0.25, -0.2) is 13.4 Å². The van der Waals surface area contributed by atoms with Gasteiger partial charge in [0.2, 0.25) is 0 Å². The number of rotatable bonds is 5. The summed E-state index contributed by atoms with van der Waals surface area (Å²) in [5.74, 6) is 1.55. The van der Waals surface area contributed by atoms with Gasteiger partial charge in [-0.15, -0.1) is 0 Å². The number of ether oxygens (including phenoxy) is 1. The van der Waals surface area contributed by atoms with E-state index >= 15 is 0 Å². The lowest BCUT2D eigenvalue weighted by atomic mass is 10.0. The van der Waals surface area contributed by atoms with Gasteiger partial charge in [-0.1, -0.05) is 26.0 Å². The molecule has 1 aliphatic heterocycles. The van der Waals surface area contributed by atoms with Gasteiger partial charge >= 0.3 is 0 Å². The number of hydrogen-bond acceptors (Lipinski definition) is 5. The lowest BCUT2D eigenvalue weighted by Gasteiger charge is -2.22. The van der Waals surface area contributed by atoms with E-state index in [1.54, 1.807) is 30.0 Å². The highest BCUT2D eigenvalue weighted by Gasteiger charge is 2.24. The van der Waals surface area contributed by atoms with Crippen LogP contribution in [-0.2, 0) is 22.8 Å². The van der Waals surface area contributed by atoms with Crippen molar-refractivity contribution >= 4 is 26.8 Å². The zero-order valence-electron chi connectivity index (χ0n) is 20.7. The lowest BCUT2D eigenvalue weighted by Crippen LogP contribution is -2.33. The summed E-state index contributed by atoms with van der Waals surface area (Å²) >= 11 is 0. The van der Waals surface area contributed by atoms with E-state index in [-0.39, 0.29) is 16.6 Å². The van der Waals surface area contributed by atoms with Crippen molar-refractivity contribution in [2.75, 3.05) is 18.9 Å². The Morgan fingerprint density at radius 2 is 1.83 bits per heavy atom. The van der Waals surface area contributed by atoms with Gasteiger partial charge < -0.3 is 14.6 Å². The summed E-state index contributed by atoms with van der Waals surface area (Å²) in [7, 11) is -3.34. The van der Waals surface area contributed by atoms with Gasteiger partial charge in [0.25, 0.3) is 5.91 Å². The highest BCUT2D eigenvalue weighted by molar-refractivity contribution is 7.91. The molecule has 0 saturated carbocycles. The second-order valence-electron chi connectivity index (χ2n) is 9.03. The first-order valence-electron chi connectivity index (χ1n) is 12.2. The smallest absolute Gasteiger partial charge is 0.254 e. The van der Waals surface area contributed by atoms with Gasteiger partial charge in [-0.3, -0.25) is 4.79 Å². The third-order valence-corrected chi connectivity index (χ3v) is 8.42. The summed E-state index contributed by atoms with van der Waals surface area (Å²) in [4.78, 5) is 23.4. The maximum absolute atomic E-state index is 13.6. The van der Waals surface area contributed by atoms with Gasteiger partial charge in [-0.05, 0) is 72.5 Å². The third kappa shape index (κ3) is 4.48. The molecule has 2 heterocycles. The minimum absolute atomic E-state index is 0.0267. The van der Waals surface area contributed by atoms with Crippen molar-refractivity contribution in [3.8, 4) is 16.9 Å². The predicted octanol–water partition coefficient (Wildman–Crippen LogP) is 4.93. The van der Waals surface area contributed by atoms with Gasteiger partial charge in [-0.2, -0.15) is 0 Å². The van der Waals surface area contributed by atoms with Crippen LogP contribution in [0.2, 0.25) is 0 Å². The van der Waals surface area contributed by atoms with Crippen LogP contribution in [0.4, 0.5) is 0 Å². The number of carbonyl (C=O) groups excluding carboxylic acids is 1. The molecular formula is C28H29N3O4S. The maximum atomic E-state index is 13.6. The number of aryl methyl sites for hydroxylation is 2. The van der Waals surface area contributed by atoms with Gasteiger partial charge in [0, 0.05) is 17.7 Å². The van der Waals surface area contributed by atoms with Crippen LogP contribution in [0.25, 0.3) is 22.2 Å². The second-order valence-corrected chi connectivity index (χ2v) is 11.3. The molecule has 1 amide bonds. The van der Waals surface area contributed by atoms with Crippen LogP contribution in [0.1, 0.15) is 41.2 Å². The second kappa shape index (κ2) is 9.43. The number of imidazole rings is 1. The average Bonchev–Trinajstić information content (AvgIpc) is 3.13. The van der Waals surface area contributed by atoms with Gasteiger partial charge in [0.05, 0.1) is 28.2 Å². The monoisotopic (exact) mass is 503 g/mol. The Hall–Kier alpha value is -3.65. The molecule has 0 unspecified atom stereocenters. The molecule has 8 heteroatoms. The molecule has 0 fully saturated rings. The number of H-pyrrole nitrogens is 1. The molecule has 7 nitrogen and oxygen atoms in total. The molecular weight excluding hydrogens is 474 g/mol. The summed E-state index contributed by atoms with van der Waals surface area (Å²) in [5, 5.41) is 0. The van der Waals surface area contributed by atoms with Crippen molar-refractivity contribution < 1.29 is 17.9 Å². The first kappa shape index (κ1) is 24.1. The van der Waals surface area contributed by atoms with E-state index in [0.29, 0.717) is 31.7 Å². The molecule has 4 aromatic rings. The third-order valence-electron chi connectivity index (χ3n) is 6.69. The first-order chi connectivity index (χ1) is 17.3. The number of aromatic amines is 1. The zero-order chi connectivity index (χ0) is 25.4. The quantitative estimate of drug-likeness (QED) is 0.417. The Kier molecular flexibility index (Phi) is 6.30. The van der Waals surface area contributed by atoms with Crippen LogP contribution in [0.3, 0.4) is 0 Å². The van der Waals surface area contributed by atoms with E-state index in [9.17, 15) is 13.2 Å². The number of hydrogen-bond donors (Lipinski definition) is 1. The summed E-state index contributed by atoms with van der Waals surface area (Å²) < 4.78 is 30.7. The predicted molar refractivity (Wildman–Crippen MR) is 140 cm³/mol. The fourth-order valence-electron chi connectivity index (χ4n) is 4.67.